The van der Waals surface area contributed by atoms with E-state index in [1.165, 1.54) is 30.7 Å². The highest BCUT2D eigenvalue weighted by Gasteiger charge is 2.28. The van der Waals surface area contributed by atoms with E-state index in [0.29, 0.717) is 17.0 Å². The molecule has 1 heterocycles. The standard InChI is InChI=1S/C15H22FNO2S/c1-15(7-2-8-20-15)11-17-9-13(18)10-19-14-5-3-12(16)4-6-14/h3-6,13,17-18H,2,7-11H2,1H3. The summed E-state index contributed by atoms with van der Waals surface area (Å²) in [7, 11) is 0. The number of thioether (sulfide) groups is 1. The van der Waals surface area contributed by atoms with Crippen molar-refractivity contribution in [3.05, 3.63) is 30.1 Å². The molecule has 0 amide bonds. The minimum Gasteiger partial charge on any atom is -0.491 e. The fourth-order valence-corrected chi connectivity index (χ4v) is 3.54. The minimum atomic E-state index is -0.560. The fourth-order valence-electron chi connectivity index (χ4n) is 2.26. The first-order valence-electron chi connectivity index (χ1n) is 6.98. The summed E-state index contributed by atoms with van der Waals surface area (Å²) in [5, 5.41) is 13.2. The van der Waals surface area contributed by atoms with Gasteiger partial charge in [0.2, 0.25) is 0 Å². The summed E-state index contributed by atoms with van der Waals surface area (Å²) >= 11 is 2.00. The van der Waals surface area contributed by atoms with Gasteiger partial charge in [0.1, 0.15) is 24.3 Å². The molecule has 20 heavy (non-hydrogen) atoms. The Morgan fingerprint density at radius 2 is 2.20 bits per heavy atom. The van der Waals surface area contributed by atoms with Crippen molar-refractivity contribution in [3.63, 3.8) is 0 Å². The van der Waals surface area contributed by atoms with Gasteiger partial charge in [-0.05, 0) is 49.8 Å². The Bertz CT molecular complexity index is 407. The predicted molar refractivity (Wildman–Crippen MR) is 80.9 cm³/mol. The summed E-state index contributed by atoms with van der Waals surface area (Å²) in [6, 6.07) is 5.81. The molecule has 2 atom stereocenters. The van der Waals surface area contributed by atoms with Crippen LogP contribution < -0.4 is 10.1 Å². The molecule has 112 valence electrons. The first kappa shape index (κ1) is 15.6. The SMILES string of the molecule is CC1(CNCC(O)COc2ccc(F)cc2)CCCS1. The van der Waals surface area contributed by atoms with Crippen LogP contribution in [0.1, 0.15) is 19.8 Å². The van der Waals surface area contributed by atoms with Crippen molar-refractivity contribution in [2.75, 3.05) is 25.4 Å². The van der Waals surface area contributed by atoms with Gasteiger partial charge in [-0.15, -0.1) is 0 Å². The molecule has 1 aliphatic heterocycles. The van der Waals surface area contributed by atoms with E-state index in [9.17, 15) is 9.50 Å². The van der Waals surface area contributed by atoms with E-state index < -0.39 is 6.10 Å². The van der Waals surface area contributed by atoms with Crippen molar-refractivity contribution in [2.24, 2.45) is 0 Å². The van der Waals surface area contributed by atoms with Gasteiger partial charge >= 0.3 is 0 Å². The molecule has 1 saturated heterocycles. The number of aliphatic hydroxyl groups excluding tert-OH is 1. The molecule has 5 heteroatoms. The maximum Gasteiger partial charge on any atom is 0.123 e. The molecule has 1 fully saturated rings. The van der Waals surface area contributed by atoms with Crippen LogP contribution >= 0.6 is 11.8 Å². The summed E-state index contributed by atoms with van der Waals surface area (Å²) in [6.45, 7) is 3.89. The van der Waals surface area contributed by atoms with Crippen molar-refractivity contribution in [2.45, 2.75) is 30.6 Å². The normalized spacial score (nSPS) is 23.8. The van der Waals surface area contributed by atoms with Crippen LogP contribution in [0, 0.1) is 5.82 Å². The number of benzene rings is 1. The maximum atomic E-state index is 12.7. The quantitative estimate of drug-likeness (QED) is 0.811. The number of hydrogen-bond donors (Lipinski definition) is 2. The summed E-state index contributed by atoms with van der Waals surface area (Å²) in [5.74, 6) is 1.51. The summed E-state index contributed by atoms with van der Waals surface area (Å²) in [4.78, 5) is 0. The molecule has 2 unspecified atom stereocenters. The molecule has 0 radical (unpaired) electrons. The van der Waals surface area contributed by atoms with Crippen LogP contribution in [0.25, 0.3) is 0 Å². The molecule has 0 saturated carbocycles. The van der Waals surface area contributed by atoms with E-state index >= 15 is 0 Å². The van der Waals surface area contributed by atoms with Crippen LogP contribution in [-0.2, 0) is 0 Å². The Morgan fingerprint density at radius 3 is 2.85 bits per heavy atom. The number of halogens is 1. The number of ether oxygens (including phenoxy) is 1. The van der Waals surface area contributed by atoms with E-state index in [4.69, 9.17) is 4.74 Å². The monoisotopic (exact) mass is 299 g/mol. The predicted octanol–water partition coefficient (Wildman–Crippen LogP) is 2.44. The van der Waals surface area contributed by atoms with Crippen LogP contribution in [-0.4, -0.2) is 41.4 Å². The lowest BCUT2D eigenvalue weighted by molar-refractivity contribution is 0.106. The zero-order valence-electron chi connectivity index (χ0n) is 11.8. The zero-order valence-corrected chi connectivity index (χ0v) is 12.6. The first-order valence-corrected chi connectivity index (χ1v) is 7.97. The molecule has 2 N–H and O–H groups in total. The molecular formula is C15H22FNO2S. The van der Waals surface area contributed by atoms with E-state index in [2.05, 4.69) is 12.2 Å². The molecule has 0 aromatic heterocycles. The molecule has 1 aromatic rings. The lowest BCUT2D eigenvalue weighted by Gasteiger charge is -2.24. The van der Waals surface area contributed by atoms with Crippen LogP contribution in [0.4, 0.5) is 4.39 Å². The van der Waals surface area contributed by atoms with E-state index in [1.807, 2.05) is 11.8 Å². The van der Waals surface area contributed by atoms with Gasteiger partial charge in [-0.3, -0.25) is 0 Å². The Balaban J connectivity index is 1.62. The summed E-state index contributed by atoms with van der Waals surface area (Å²) in [5.41, 5.74) is 0. The third kappa shape index (κ3) is 4.96. The van der Waals surface area contributed by atoms with Crippen LogP contribution in [0.15, 0.2) is 24.3 Å². The van der Waals surface area contributed by atoms with Gasteiger partial charge in [0.05, 0.1) is 0 Å². The van der Waals surface area contributed by atoms with Gasteiger partial charge in [0, 0.05) is 17.8 Å². The lowest BCUT2D eigenvalue weighted by Crippen LogP contribution is -2.39. The lowest BCUT2D eigenvalue weighted by atomic mass is 10.1. The van der Waals surface area contributed by atoms with Crippen LogP contribution in [0.3, 0.4) is 0 Å². The summed E-state index contributed by atoms with van der Waals surface area (Å²) < 4.78 is 18.4. The second-order valence-electron chi connectivity index (χ2n) is 5.45. The van der Waals surface area contributed by atoms with Crippen molar-refractivity contribution in [3.8, 4) is 5.75 Å². The highest BCUT2D eigenvalue weighted by Crippen LogP contribution is 2.36. The fraction of sp³-hybridized carbons (Fsp3) is 0.600. The molecule has 0 bridgehead atoms. The van der Waals surface area contributed by atoms with Crippen LogP contribution in [0.2, 0.25) is 0 Å². The van der Waals surface area contributed by atoms with Crippen molar-refractivity contribution in [1.29, 1.82) is 0 Å². The van der Waals surface area contributed by atoms with Gasteiger partial charge in [0.25, 0.3) is 0 Å². The Morgan fingerprint density at radius 1 is 1.45 bits per heavy atom. The molecule has 2 rings (SSSR count). The van der Waals surface area contributed by atoms with E-state index in [-0.39, 0.29) is 12.4 Å². The van der Waals surface area contributed by atoms with E-state index in [1.54, 1.807) is 12.1 Å². The third-order valence-corrected chi connectivity index (χ3v) is 4.97. The highest BCUT2D eigenvalue weighted by atomic mass is 32.2. The van der Waals surface area contributed by atoms with Gasteiger partial charge < -0.3 is 15.2 Å². The minimum absolute atomic E-state index is 0.211. The number of rotatable bonds is 7. The Kier molecular flexibility index (Phi) is 5.69. The molecule has 0 spiro atoms. The second-order valence-corrected chi connectivity index (χ2v) is 7.13. The largest absolute Gasteiger partial charge is 0.491 e. The highest BCUT2D eigenvalue weighted by molar-refractivity contribution is 8.00. The topological polar surface area (TPSA) is 41.5 Å². The molecular weight excluding hydrogens is 277 g/mol. The summed E-state index contributed by atoms with van der Waals surface area (Å²) in [6.07, 6.45) is 1.95. The van der Waals surface area contributed by atoms with Gasteiger partial charge in [-0.25, -0.2) is 4.39 Å². The van der Waals surface area contributed by atoms with E-state index in [0.717, 1.165) is 6.54 Å². The Labute approximate surface area is 123 Å². The second kappa shape index (κ2) is 7.29. The molecule has 3 nitrogen and oxygen atoms in total. The van der Waals surface area contributed by atoms with Gasteiger partial charge in [0.15, 0.2) is 0 Å². The number of aliphatic hydroxyl groups is 1. The zero-order chi connectivity index (χ0) is 14.4. The molecule has 1 aromatic carbocycles. The smallest absolute Gasteiger partial charge is 0.123 e. The maximum absolute atomic E-state index is 12.7. The van der Waals surface area contributed by atoms with Crippen LogP contribution in [0.5, 0.6) is 5.75 Å². The first-order chi connectivity index (χ1) is 9.57. The van der Waals surface area contributed by atoms with Gasteiger partial charge in [-0.1, -0.05) is 0 Å². The van der Waals surface area contributed by atoms with Crippen molar-refractivity contribution in [1.82, 2.24) is 5.32 Å². The third-order valence-electron chi connectivity index (χ3n) is 3.44. The van der Waals surface area contributed by atoms with Crippen molar-refractivity contribution >= 4 is 11.8 Å². The average Bonchev–Trinajstić information content (AvgIpc) is 2.85. The number of nitrogens with one attached hydrogen (secondary N) is 1. The average molecular weight is 299 g/mol. The van der Waals surface area contributed by atoms with Gasteiger partial charge in [-0.2, -0.15) is 11.8 Å². The molecule has 1 aliphatic rings. The Hall–Kier alpha value is -0.780. The van der Waals surface area contributed by atoms with Crippen molar-refractivity contribution < 1.29 is 14.2 Å². The molecule has 0 aliphatic carbocycles. The number of hydrogen-bond acceptors (Lipinski definition) is 4.